The molecule has 0 aliphatic heterocycles. The van der Waals surface area contributed by atoms with Crippen LogP contribution in [-0.2, 0) is 4.79 Å². The van der Waals surface area contributed by atoms with E-state index in [1.807, 2.05) is 0 Å². The van der Waals surface area contributed by atoms with E-state index >= 15 is 0 Å². The zero-order valence-electron chi connectivity index (χ0n) is 10.1. The first-order chi connectivity index (χ1) is 9.11. The minimum atomic E-state index is -1.09. The number of carbonyl (C=O) groups excluding carboxylic acids is 1. The van der Waals surface area contributed by atoms with E-state index in [0.29, 0.717) is 5.56 Å². The molecule has 0 bridgehead atoms. The number of amides is 1. The second-order valence-electron chi connectivity index (χ2n) is 4.02. The molecule has 6 nitrogen and oxygen atoms in total. The zero-order chi connectivity index (χ0) is 13.8. The Bertz CT molecular complexity index is 633. The lowest BCUT2D eigenvalue weighted by Gasteiger charge is -2.12. The number of H-pyrrole nitrogens is 1. The highest BCUT2D eigenvalue weighted by Crippen LogP contribution is 2.11. The Balaban J connectivity index is 2.18. The summed E-state index contributed by atoms with van der Waals surface area (Å²) in [5.74, 6) is -1.53. The van der Waals surface area contributed by atoms with Gasteiger partial charge in [0.1, 0.15) is 6.04 Å². The Kier molecular flexibility index (Phi) is 3.61. The molecule has 1 unspecified atom stereocenters. The number of hydrogen-bond acceptors (Lipinski definition) is 3. The van der Waals surface area contributed by atoms with Gasteiger partial charge in [0.15, 0.2) is 0 Å². The highest BCUT2D eigenvalue weighted by molar-refractivity contribution is 5.99. The predicted octanol–water partition coefficient (Wildman–Crippen LogP) is 1.32. The second-order valence-corrected chi connectivity index (χ2v) is 4.02. The van der Waals surface area contributed by atoms with Crippen LogP contribution < -0.4 is 5.32 Å². The van der Waals surface area contributed by atoms with Crippen molar-refractivity contribution in [2.75, 3.05) is 0 Å². The lowest BCUT2D eigenvalue weighted by atomic mass is 10.1. The van der Waals surface area contributed by atoms with E-state index in [-0.39, 0.29) is 6.42 Å². The van der Waals surface area contributed by atoms with Crippen LogP contribution in [0.3, 0.4) is 0 Å². The van der Waals surface area contributed by atoms with Crippen LogP contribution in [0.5, 0.6) is 0 Å². The molecule has 0 spiro atoms. The number of rotatable bonds is 5. The molecular formula is C13H13N3O3. The maximum atomic E-state index is 12.0. The minimum absolute atomic E-state index is 0.174. The van der Waals surface area contributed by atoms with Crippen molar-refractivity contribution in [2.24, 2.45) is 0 Å². The Morgan fingerprint density at radius 1 is 1.53 bits per heavy atom. The number of imidazole rings is 1. The van der Waals surface area contributed by atoms with Crippen LogP contribution in [0.4, 0.5) is 0 Å². The van der Waals surface area contributed by atoms with E-state index in [4.69, 9.17) is 5.11 Å². The summed E-state index contributed by atoms with van der Waals surface area (Å²) in [5.41, 5.74) is 1.85. The van der Waals surface area contributed by atoms with Crippen molar-refractivity contribution < 1.29 is 14.7 Å². The Hall–Kier alpha value is -2.63. The molecule has 1 aromatic heterocycles. The summed E-state index contributed by atoms with van der Waals surface area (Å²) in [7, 11) is 0. The number of carbonyl (C=O) groups is 2. The largest absolute Gasteiger partial charge is 0.480 e. The molecule has 0 radical (unpaired) electrons. The van der Waals surface area contributed by atoms with Gasteiger partial charge in [-0.3, -0.25) is 4.79 Å². The van der Waals surface area contributed by atoms with Crippen molar-refractivity contribution in [3.8, 4) is 0 Å². The molecule has 1 heterocycles. The van der Waals surface area contributed by atoms with Crippen LogP contribution in [0.1, 0.15) is 16.8 Å². The summed E-state index contributed by atoms with van der Waals surface area (Å²) in [6.45, 7) is 3.47. The van der Waals surface area contributed by atoms with Crippen molar-refractivity contribution in [3.05, 3.63) is 42.7 Å². The van der Waals surface area contributed by atoms with Crippen LogP contribution in [0, 0.1) is 0 Å². The third kappa shape index (κ3) is 2.79. The van der Waals surface area contributed by atoms with Crippen molar-refractivity contribution in [2.45, 2.75) is 12.5 Å². The fraction of sp³-hybridized carbons (Fsp3) is 0.154. The van der Waals surface area contributed by atoms with Gasteiger partial charge in [-0.15, -0.1) is 6.58 Å². The van der Waals surface area contributed by atoms with Crippen LogP contribution in [-0.4, -0.2) is 33.0 Å². The lowest BCUT2D eigenvalue weighted by Crippen LogP contribution is -2.40. The summed E-state index contributed by atoms with van der Waals surface area (Å²) >= 11 is 0. The molecule has 3 N–H and O–H groups in total. The Morgan fingerprint density at radius 2 is 2.32 bits per heavy atom. The Labute approximate surface area is 109 Å². The maximum absolute atomic E-state index is 12.0. The van der Waals surface area contributed by atoms with Crippen molar-refractivity contribution in [3.63, 3.8) is 0 Å². The third-order valence-corrected chi connectivity index (χ3v) is 2.69. The van der Waals surface area contributed by atoms with Gasteiger partial charge in [0, 0.05) is 5.56 Å². The summed E-state index contributed by atoms with van der Waals surface area (Å²) in [6.07, 6.45) is 3.16. The number of aromatic nitrogens is 2. The zero-order valence-corrected chi connectivity index (χ0v) is 10.1. The van der Waals surface area contributed by atoms with Gasteiger partial charge in [-0.05, 0) is 24.6 Å². The predicted molar refractivity (Wildman–Crippen MR) is 69.8 cm³/mol. The lowest BCUT2D eigenvalue weighted by molar-refractivity contribution is -0.139. The monoisotopic (exact) mass is 259 g/mol. The van der Waals surface area contributed by atoms with Crippen LogP contribution in [0.15, 0.2) is 37.2 Å². The molecule has 2 aromatic rings. The quantitative estimate of drug-likeness (QED) is 0.706. The molecule has 6 heteroatoms. The number of nitrogens with one attached hydrogen (secondary N) is 2. The van der Waals surface area contributed by atoms with Gasteiger partial charge < -0.3 is 15.4 Å². The number of benzene rings is 1. The second kappa shape index (κ2) is 5.34. The van der Waals surface area contributed by atoms with Crippen LogP contribution in [0.2, 0.25) is 0 Å². The molecule has 0 saturated carbocycles. The number of nitrogens with zero attached hydrogens (tertiary/aromatic N) is 1. The first-order valence-electron chi connectivity index (χ1n) is 5.69. The summed E-state index contributed by atoms with van der Waals surface area (Å²) in [5, 5.41) is 11.4. The van der Waals surface area contributed by atoms with Crippen molar-refractivity contribution in [1.29, 1.82) is 0 Å². The topological polar surface area (TPSA) is 95.1 Å². The minimum Gasteiger partial charge on any atom is -0.480 e. The molecular weight excluding hydrogens is 246 g/mol. The number of aromatic amines is 1. The average Bonchev–Trinajstić information content (AvgIpc) is 2.85. The number of carboxylic acid groups (broad SMARTS) is 1. The fourth-order valence-corrected chi connectivity index (χ4v) is 1.71. The van der Waals surface area contributed by atoms with Gasteiger partial charge >= 0.3 is 5.97 Å². The highest BCUT2D eigenvalue weighted by Gasteiger charge is 2.19. The van der Waals surface area contributed by atoms with E-state index in [0.717, 1.165) is 11.0 Å². The molecule has 1 atom stereocenters. The average molecular weight is 259 g/mol. The molecule has 1 amide bonds. The molecule has 1 aromatic carbocycles. The molecule has 98 valence electrons. The van der Waals surface area contributed by atoms with Gasteiger partial charge in [0.2, 0.25) is 0 Å². The van der Waals surface area contributed by atoms with Crippen LogP contribution in [0.25, 0.3) is 11.0 Å². The molecule has 19 heavy (non-hydrogen) atoms. The molecule has 0 saturated heterocycles. The fourth-order valence-electron chi connectivity index (χ4n) is 1.71. The number of aliphatic carboxylic acids is 1. The van der Waals surface area contributed by atoms with E-state index in [1.54, 1.807) is 18.2 Å². The molecule has 0 fully saturated rings. The van der Waals surface area contributed by atoms with Crippen molar-refractivity contribution >= 4 is 22.9 Å². The normalized spacial score (nSPS) is 12.0. The third-order valence-electron chi connectivity index (χ3n) is 2.69. The first kappa shape index (κ1) is 12.8. The van der Waals surface area contributed by atoms with Gasteiger partial charge in [0.25, 0.3) is 5.91 Å². The van der Waals surface area contributed by atoms with Crippen molar-refractivity contribution in [1.82, 2.24) is 15.3 Å². The maximum Gasteiger partial charge on any atom is 0.326 e. The number of fused-ring (bicyclic) bond motifs is 1. The standard InChI is InChI=1S/C13H13N3O3/c1-2-3-10(13(18)19)16-12(17)8-4-5-9-11(6-8)15-7-14-9/h2,4-7,10H,1,3H2,(H,14,15)(H,16,17)(H,18,19). The summed E-state index contributed by atoms with van der Waals surface area (Å²) < 4.78 is 0. The smallest absolute Gasteiger partial charge is 0.326 e. The summed E-state index contributed by atoms with van der Waals surface area (Å²) in [4.78, 5) is 29.8. The van der Waals surface area contributed by atoms with Gasteiger partial charge in [-0.2, -0.15) is 0 Å². The molecule has 0 aliphatic rings. The van der Waals surface area contributed by atoms with Gasteiger partial charge in [-0.1, -0.05) is 6.08 Å². The first-order valence-corrected chi connectivity index (χ1v) is 5.69. The Morgan fingerprint density at radius 3 is 3.00 bits per heavy atom. The van der Waals surface area contributed by atoms with E-state index in [9.17, 15) is 9.59 Å². The van der Waals surface area contributed by atoms with E-state index < -0.39 is 17.9 Å². The molecule has 0 aliphatic carbocycles. The van der Waals surface area contributed by atoms with Crippen LogP contribution >= 0.6 is 0 Å². The highest BCUT2D eigenvalue weighted by atomic mass is 16.4. The van der Waals surface area contributed by atoms with E-state index in [2.05, 4.69) is 21.9 Å². The molecule has 2 rings (SSSR count). The summed E-state index contributed by atoms with van der Waals surface area (Å²) in [6, 6.07) is 3.96. The number of hydrogen-bond donors (Lipinski definition) is 3. The number of carboxylic acids is 1. The van der Waals surface area contributed by atoms with E-state index in [1.165, 1.54) is 12.4 Å². The van der Waals surface area contributed by atoms with Gasteiger partial charge in [-0.25, -0.2) is 9.78 Å². The SMILES string of the molecule is C=CCC(NC(=O)c1ccc2nc[nH]c2c1)C(=O)O. The van der Waals surface area contributed by atoms with Gasteiger partial charge in [0.05, 0.1) is 17.4 Å².